The molecule has 0 aromatic heterocycles. The molecular weight excluding hydrogens is 116 g/mol. The quantitative estimate of drug-likeness (QED) is 0.455. The Kier molecular flexibility index (Phi) is 3.85. The number of methoxy groups -OCH3 is 1. The molecule has 1 N–H and O–H groups in total. The summed E-state index contributed by atoms with van der Waals surface area (Å²) in [5.41, 5.74) is 2.57. The van der Waals surface area contributed by atoms with Gasteiger partial charge in [0.15, 0.2) is 0 Å². The van der Waals surface area contributed by atoms with Crippen LogP contribution in [0.1, 0.15) is 13.3 Å². The van der Waals surface area contributed by atoms with Crippen LogP contribution in [0.4, 0.5) is 0 Å². The highest BCUT2D eigenvalue weighted by Crippen LogP contribution is 2.02. The minimum atomic E-state index is -0.380. The maximum atomic E-state index is 8.82. The van der Waals surface area contributed by atoms with Crippen molar-refractivity contribution >= 4 is 0 Å². The van der Waals surface area contributed by atoms with E-state index < -0.39 is 0 Å². The minimum Gasteiger partial charge on any atom is -0.493 e. The summed E-state index contributed by atoms with van der Waals surface area (Å²) in [6, 6.07) is 0. The van der Waals surface area contributed by atoms with Crippen molar-refractivity contribution in [2.45, 2.75) is 19.4 Å². The first kappa shape index (κ1) is 8.28. The predicted molar refractivity (Wildman–Crippen MR) is 36.0 cm³/mol. The molecule has 0 spiro atoms. The Morgan fingerprint density at radius 3 is 2.56 bits per heavy atom. The summed E-state index contributed by atoms with van der Waals surface area (Å²) in [5.74, 6) is 0.602. The van der Waals surface area contributed by atoms with Gasteiger partial charge in [-0.05, 0) is 6.92 Å². The van der Waals surface area contributed by atoms with Crippen LogP contribution in [0.3, 0.4) is 0 Å². The van der Waals surface area contributed by atoms with Crippen molar-refractivity contribution < 1.29 is 9.84 Å². The Hall–Kier alpha value is -0.720. The van der Waals surface area contributed by atoms with Gasteiger partial charge in [-0.2, -0.15) is 0 Å². The zero-order chi connectivity index (χ0) is 7.28. The van der Waals surface area contributed by atoms with Gasteiger partial charge in [-0.1, -0.05) is 12.3 Å². The van der Waals surface area contributed by atoms with E-state index >= 15 is 0 Å². The van der Waals surface area contributed by atoms with Crippen molar-refractivity contribution in [1.82, 2.24) is 0 Å². The van der Waals surface area contributed by atoms with Crippen molar-refractivity contribution in [2.24, 2.45) is 0 Å². The summed E-state index contributed by atoms with van der Waals surface area (Å²) in [6.07, 6.45) is 0.106. The van der Waals surface area contributed by atoms with Gasteiger partial charge >= 0.3 is 0 Å². The van der Waals surface area contributed by atoms with Crippen LogP contribution >= 0.6 is 0 Å². The smallest absolute Gasteiger partial charge is 0.140 e. The van der Waals surface area contributed by atoms with Crippen LogP contribution in [0.2, 0.25) is 0 Å². The molecule has 0 rings (SSSR count). The molecule has 2 heteroatoms. The van der Waals surface area contributed by atoms with E-state index in [-0.39, 0.29) is 6.10 Å². The van der Waals surface area contributed by atoms with E-state index in [1.807, 2.05) is 0 Å². The van der Waals surface area contributed by atoms with Gasteiger partial charge < -0.3 is 9.84 Å². The van der Waals surface area contributed by atoms with Crippen LogP contribution in [-0.4, -0.2) is 18.3 Å². The molecule has 0 saturated carbocycles. The zero-order valence-electron chi connectivity index (χ0n) is 5.85. The third-order valence-electron chi connectivity index (χ3n) is 0.924. The lowest BCUT2D eigenvalue weighted by molar-refractivity contribution is 0.163. The van der Waals surface area contributed by atoms with E-state index in [2.05, 4.69) is 12.3 Å². The van der Waals surface area contributed by atoms with E-state index in [0.29, 0.717) is 12.2 Å². The standard InChI is InChI=1S/C7H12O2/c1-4-7(9-3)5-6(2)8/h6,8H,1,5H2,2-3H3/t6-/m0/s1. The Bertz CT molecular complexity index is 121. The Labute approximate surface area is 55.5 Å². The molecule has 2 nitrogen and oxygen atoms in total. The monoisotopic (exact) mass is 128 g/mol. The van der Waals surface area contributed by atoms with Gasteiger partial charge in [0, 0.05) is 6.42 Å². The Balaban J connectivity index is 3.72. The number of ether oxygens (including phenoxy) is 1. The first-order valence-corrected chi connectivity index (χ1v) is 2.81. The fraction of sp³-hybridized carbons (Fsp3) is 0.571. The summed E-state index contributed by atoms with van der Waals surface area (Å²) in [4.78, 5) is 0. The number of rotatable bonds is 3. The molecule has 52 valence electrons. The van der Waals surface area contributed by atoms with Gasteiger partial charge in [0.05, 0.1) is 13.2 Å². The first-order valence-electron chi connectivity index (χ1n) is 2.81. The van der Waals surface area contributed by atoms with Gasteiger partial charge in [0.2, 0.25) is 0 Å². The van der Waals surface area contributed by atoms with E-state index in [9.17, 15) is 0 Å². The molecule has 1 atom stereocenters. The molecule has 0 aliphatic heterocycles. The lowest BCUT2D eigenvalue weighted by Gasteiger charge is -2.03. The molecule has 0 aromatic carbocycles. The van der Waals surface area contributed by atoms with Crippen LogP contribution in [0.25, 0.3) is 0 Å². The average Bonchev–Trinajstić information content (AvgIpc) is 1.82. The second-order valence-electron chi connectivity index (χ2n) is 1.86. The molecule has 0 aliphatic carbocycles. The highest BCUT2D eigenvalue weighted by Gasteiger charge is 1.99. The molecule has 0 heterocycles. The maximum Gasteiger partial charge on any atom is 0.140 e. The molecule has 0 unspecified atom stereocenters. The topological polar surface area (TPSA) is 29.5 Å². The normalized spacial score (nSPS) is 11.9. The van der Waals surface area contributed by atoms with Crippen molar-refractivity contribution in [2.75, 3.05) is 7.11 Å². The van der Waals surface area contributed by atoms with Gasteiger partial charge in [-0.3, -0.25) is 0 Å². The summed E-state index contributed by atoms with van der Waals surface area (Å²) in [7, 11) is 1.54. The predicted octanol–water partition coefficient (Wildman–Crippen LogP) is 1.07. The van der Waals surface area contributed by atoms with Crippen molar-refractivity contribution in [3.8, 4) is 0 Å². The van der Waals surface area contributed by atoms with E-state index in [1.165, 1.54) is 7.11 Å². The van der Waals surface area contributed by atoms with Gasteiger partial charge in [0.1, 0.15) is 5.76 Å². The lowest BCUT2D eigenvalue weighted by Crippen LogP contribution is -2.01. The molecule has 0 bridgehead atoms. The van der Waals surface area contributed by atoms with Crippen molar-refractivity contribution in [1.29, 1.82) is 0 Å². The summed E-state index contributed by atoms with van der Waals surface area (Å²) < 4.78 is 4.79. The van der Waals surface area contributed by atoms with Crippen LogP contribution in [0.5, 0.6) is 0 Å². The first-order chi connectivity index (χ1) is 4.20. The van der Waals surface area contributed by atoms with Crippen LogP contribution in [0, 0.1) is 0 Å². The summed E-state index contributed by atoms with van der Waals surface area (Å²) in [6.45, 7) is 5.08. The third kappa shape index (κ3) is 3.83. The fourth-order valence-corrected chi connectivity index (χ4v) is 0.496. The summed E-state index contributed by atoms with van der Waals surface area (Å²) in [5, 5.41) is 8.82. The fourth-order valence-electron chi connectivity index (χ4n) is 0.496. The molecule has 0 aromatic rings. The largest absolute Gasteiger partial charge is 0.493 e. The lowest BCUT2D eigenvalue weighted by atomic mass is 10.2. The minimum absolute atomic E-state index is 0.380. The SMILES string of the molecule is C=C=C(C[C@H](C)O)OC. The highest BCUT2D eigenvalue weighted by molar-refractivity contribution is 4.89. The third-order valence-corrected chi connectivity index (χ3v) is 0.924. The molecule has 0 amide bonds. The molecule has 0 fully saturated rings. The average molecular weight is 128 g/mol. The van der Waals surface area contributed by atoms with Crippen molar-refractivity contribution in [3.63, 3.8) is 0 Å². The van der Waals surface area contributed by atoms with Crippen molar-refractivity contribution in [3.05, 3.63) is 18.1 Å². The number of aliphatic hydroxyl groups is 1. The van der Waals surface area contributed by atoms with Crippen LogP contribution < -0.4 is 0 Å². The van der Waals surface area contributed by atoms with Crippen LogP contribution in [0.15, 0.2) is 18.1 Å². The van der Waals surface area contributed by atoms with Gasteiger partial charge in [-0.15, -0.1) is 0 Å². The zero-order valence-corrected chi connectivity index (χ0v) is 5.85. The van der Waals surface area contributed by atoms with Gasteiger partial charge in [-0.25, -0.2) is 0 Å². The van der Waals surface area contributed by atoms with E-state index in [4.69, 9.17) is 9.84 Å². The van der Waals surface area contributed by atoms with E-state index in [1.54, 1.807) is 6.92 Å². The Morgan fingerprint density at radius 2 is 2.44 bits per heavy atom. The molecule has 0 saturated heterocycles. The molecule has 0 radical (unpaired) electrons. The second kappa shape index (κ2) is 4.19. The second-order valence-corrected chi connectivity index (χ2v) is 1.86. The molecular formula is C7H12O2. The van der Waals surface area contributed by atoms with Crippen LogP contribution in [-0.2, 0) is 4.74 Å². The van der Waals surface area contributed by atoms with E-state index in [0.717, 1.165) is 0 Å². The Morgan fingerprint density at radius 1 is 1.89 bits per heavy atom. The molecule has 0 aliphatic rings. The van der Waals surface area contributed by atoms with Gasteiger partial charge in [0.25, 0.3) is 0 Å². The molecule has 9 heavy (non-hydrogen) atoms. The highest BCUT2D eigenvalue weighted by atomic mass is 16.5. The number of hydrogen-bond donors (Lipinski definition) is 1. The maximum absolute atomic E-state index is 8.82. The summed E-state index contributed by atoms with van der Waals surface area (Å²) >= 11 is 0. The number of hydrogen-bond acceptors (Lipinski definition) is 2. The number of aliphatic hydroxyl groups excluding tert-OH is 1.